The maximum atomic E-state index is 12.1. The number of aromatic nitrogens is 1. The lowest BCUT2D eigenvalue weighted by Gasteiger charge is -2.20. The average molecular weight is 352 g/mol. The number of hydrogen-bond donors (Lipinski definition) is 1. The van der Waals surface area contributed by atoms with E-state index in [2.05, 4.69) is 22.4 Å². The Bertz CT molecular complexity index is 849. The lowest BCUT2D eigenvalue weighted by molar-refractivity contribution is 0.0636. The van der Waals surface area contributed by atoms with Gasteiger partial charge in [0.2, 0.25) is 0 Å². The van der Waals surface area contributed by atoms with E-state index in [0.717, 1.165) is 11.1 Å². The number of ketones is 1. The van der Waals surface area contributed by atoms with Crippen LogP contribution in [-0.4, -0.2) is 22.5 Å². The molecule has 1 saturated carbocycles. The summed E-state index contributed by atoms with van der Waals surface area (Å²) in [5.41, 5.74) is 3.15. The van der Waals surface area contributed by atoms with Crippen molar-refractivity contribution >= 4 is 17.6 Å². The summed E-state index contributed by atoms with van der Waals surface area (Å²) in [5.74, 6) is 0.438. The molecule has 3 rings (SSSR count). The Hall–Kier alpha value is -2.69. The van der Waals surface area contributed by atoms with Crippen LogP contribution in [0.3, 0.4) is 0 Å². The van der Waals surface area contributed by atoms with Crippen molar-refractivity contribution in [1.82, 2.24) is 4.98 Å². The van der Waals surface area contributed by atoms with Crippen LogP contribution < -0.4 is 5.32 Å². The first-order valence-electron chi connectivity index (χ1n) is 8.84. The number of nitrogens with one attached hydrogen (secondary N) is 1. The van der Waals surface area contributed by atoms with Gasteiger partial charge in [0.1, 0.15) is 11.3 Å². The summed E-state index contributed by atoms with van der Waals surface area (Å²) in [5, 5.41) is 2.66. The summed E-state index contributed by atoms with van der Waals surface area (Å²) >= 11 is 0. The Balaban J connectivity index is 1.92. The molecule has 0 aliphatic heterocycles. The monoisotopic (exact) mass is 352 g/mol. The highest BCUT2D eigenvalue weighted by atomic mass is 16.6. The van der Waals surface area contributed by atoms with Crippen LogP contribution in [0.4, 0.5) is 10.5 Å². The van der Waals surface area contributed by atoms with Gasteiger partial charge >= 0.3 is 6.09 Å². The Labute approximate surface area is 153 Å². The Morgan fingerprint density at radius 1 is 1.15 bits per heavy atom. The molecule has 0 spiro atoms. The third-order valence-corrected chi connectivity index (χ3v) is 4.13. The number of ether oxygens (including phenoxy) is 1. The van der Waals surface area contributed by atoms with Crippen molar-refractivity contribution in [1.29, 1.82) is 0 Å². The van der Waals surface area contributed by atoms with E-state index in [1.54, 1.807) is 33.0 Å². The quantitative estimate of drug-likeness (QED) is 0.770. The summed E-state index contributed by atoms with van der Waals surface area (Å²) in [6.07, 6.45) is 3.53. The predicted molar refractivity (Wildman–Crippen MR) is 102 cm³/mol. The molecule has 1 aromatic carbocycles. The van der Waals surface area contributed by atoms with E-state index in [1.165, 1.54) is 25.3 Å². The second-order valence-electron chi connectivity index (χ2n) is 7.70. The molecule has 0 atom stereocenters. The van der Waals surface area contributed by atoms with Crippen LogP contribution in [0.15, 0.2) is 36.5 Å². The maximum Gasteiger partial charge on any atom is 0.412 e. The van der Waals surface area contributed by atoms with Crippen LogP contribution in [0.1, 0.15) is 62.5 Å². The molecule has 0 bridgehead atoms. The SMILES string of the molecule is CC(=O)c1ncc(-c2cccc(C3CC3)c2)cc1NC(=O)OC(C)(C)C. The summed E-state index contributed by atoms with van der Waals surface area (Å²) in [6, 6.07) is 10.1. The summed E-state index contributed by atoms with van der Waals surface area (Å²) in [4.78, 5) is 28.3. The lowest BCUT2D eigenvalue weighted by atomic mass is 10.0. The fourth-order valence-corrected chi connectivity index (χ4v) is 2.80. The lowest BCUT2D eigenvalue weighted by Crippen LogP contribution is -2.27. The molecule has 1 aliphatic rings. The van der Waals surface area contributed by atoms with Crippen LogP contribution in [-0.2, 0) is 4.74 Å². The molecule has 5 nitrogen and oxygen atoms in total. The highest BCUT2D eigenvalue weighted by Gasteiger charge is 2.24. The number of pyridine rings is 1. The van der Waals surface area contributed by atoms with Gasteiger partial charge in [-0.25, -0.2) is 4.79 Å². The van der Waals surface area contributed by atoms with E-state index in [-0.39, 0.29) is 11.5 Å². The molecule has 5 heteroatoms. The first kappa shape index (κ1) is 18.1. The molecule has 1 heterocycles. The predicted octanol–water partition coefficient (Wildman–Crippen LogP) is 5.18. The van der Waals surface area contributed by atoms with Crippen LogP contribution in [0.2, 0.25) is 0 Å². The van der Waals surface area contributed by atoms with Crippen molar-refractivity contribution < 1.29 is 14.3 Å². The average Bonchev–Trinajstić information content (AvgIpc) is 3.37. The molecule has 0 saturated heterocycles. The van der Waals surface area contributed by atoms with Gasteiger partial charge in [-0.1, -0.05) is 24.3 Å². The second-order valence-corrected chi connectivity index (χ2v) is 7.70. The molecule has 1 aliphatic carbocycles. The van der Waals surface area contributed by atoms with E-state index < -0.39 is 11.7 Å². The fraction of sp³-hybridized carbons (Fsp3) is 0.381. The first-order chi connectivity index (χ1) is 12.2. The number of hydrogen-bond acceptors (Lipinski definition) is 4. The van der Waals surface area contributed by atoms with Gasteiger partial charge in [-0.2, -0.15) is 0 Å². The fourth-order valence-electron chi connectivity index (χ4n) is 2.80. The Morgan fingerprint density at radius 2 is 1.88 bits per heavy atom. The van der Waals surface area contributed by atoms with Crippen LogP contribution >= 0.6 is 0 Å². The van der Waals surface area contributed by atoms with Gasteiger partial charge < -0.3 is 4.74 Å². The van der Waals surface area contributed by atoms with Crippen molar-refractivity contribution in [2.24, 2.45) is 0 Å². The molecule has 1 N–H and O–H groups in total. The van der Waals surface area contributed by atoms with Gasteiger partial charge in [0.25, 0.3) is 0 Å². The molecular formula is C21H24N2O3. The Kier molecular flexibility index (Phi) is 4.81. The summed E-state index contributed by atoms with van der Waals surface area (Å²) in [7, 11) is 0. The smallest absolute Gasteiger partial charge is 0.412 e. The van der Waals surface area contributed by atoms with Gasteiger partial charge in [-0.05, 0) is 56.7 Å². The third-order valence-electron chi connectivity index (χ3n) is 4.13. The molecule has 0 radical (unpaired) electrons. The normalized spacial score (nSPS) is 14.0. The summed E-state index contributed by atoms with van der Waals surface area (Å²) in [6.45, 7) is 6.79. The summed E-state index contributed by atoms with van der Waals surface area (Å²) < 4.78 is 5.29. The minimum atomic E-state index is -0.621. The van der Waals surface area contributed by atoms with Crippen molar-refractivity contribution in [2.75, 3.05) is 5.32 Å². The van der Waals surface area contributed by atoms with Crippen molar-refractivity contribution in [3.05, 3.63) is 47.8 Å². The van der Waals surface area contributed by atoms with Gasteiger partial charge in [0, 0.05) is 18.7 Å². The number of Topliss-reactive ketones (excluding diaryl/α,β-unsaturated/α-hetero) is 1. The number of carbonyl (C=O) groups excluding carboxylic acids is 2. The van der Waals surface area contributed by atoms with E-state index in [4.69, 9.17) is 4.74 Å². The molecule has 0 unspecified atom stereocenters. The molecule has 26 heavy (non-hydrogen) atoms. The number of rotatable bonds is 4. The van der Waals surface area contributed by atoms with Crippen LogP contribution in [0, 0.1) is 0 Å². The third kappa shape index (κ3) is 4.48. The van der Waals surface area contributed by atoms with E-state index in [1.807, 2.05) is 12.1 Å². The number of amides is 1. The minimum absolute atomic E-state index is 0.214. The topological polar surface area (TPSA) is 68.3 Å². The standard InChI is InChI=1S/C21H24N2O3/c1-13(24)19-18(23-20(25)26-21(2,3)4)11-17(12-22-19)16-7-5-6-15(10-16)14-8-9-14/h5-7,10-12,14H,8-9H2,1-4H3,(H,23,25). The van der Waals surface area contributed by atoms with Crippen LogP contribution in [0.5, 0.6) is 0 Å². The molecule has 1 aromatic heterocycles. The zero-order chi connectivity index (χ0) is 18.9. The van der Waals surface area contributed by atoms with Crippen molar-refractivity contribution in [3.8, 4) is 11.1 Å². The van der Waals surface area contributed by atoms with Crippen molar-refractivity contribution in [2.45, 2.75) is 52.1 Å². The van der Waals surface area contributed by atoms with Gasteiger partial charge in [-0.3, -0.25) is 15.1 Å². The maximum absolute atomic E-state index is 12.1. The number of benzene rings is 1. The van der Waals surface area contributed by atoms with E-state index in [9.17, 15) is 9.59 Å². The van der Waals surface area contributed by atoms with Crippen LogP contribution in [0.25, 0.3) is 11.1 Å². The molecule has 136 valence electrons. The van der Waals surface area contributed by atoms with E-state index >= 15 is 0 Å². The van der Waals surface area contributed by atoms with Crippen molar-refractivity contribution in [3.63, 3.8) is 0 Å². The zero-order valence-corrected chi connectivity index (χ0v) is 15.6. The van der Waals surface area contributed by atoms with Gasteiger partial charge in [0.05, 0.1) is 5.69 Å². The Morgan fingerprint density at radius 3 is 2.50 bits per heavy atom. The molecular weight excluding hydrogens is 328 g/mol. The highest BCUT2D eigenvalue weighted by Crippen LogP contribution is 2.41. The van der Waals surface area contributed by atoms with Gasteiger partial charge in [0.15, 0.2) is 5.78 Å². The highest BCUT2D eigenvalue weighted by molar-refractivity contribution is 6.01. The van der Waals surface area contributed by atoms with E-state index in [0.29, 0.717) is 11.6 Å². The first-order valence-corrected chi connectivity index (χ1v) is 8.84. The largest absolute Gasteiger partial charge is 0.444 e. The zero-order valence-electron chi connectivity index (χ0n) is 15.6. The second kappa shape index (κ2) is 6.90. The van der Waals surface area contributed by atoms with Gasteiger partial charge in [-0.15, -0.1) is 0 Å². The number of anilines is 1. The minimum Gasteiger partial charge on any atom is -0.444 e. The number of nitrogens with zero attached hydrogens (tertiary/aromatic N) is 1. The number of carbonyl (C=O) groups is 2. The molecule has 1 amide bonds. The molecule has 1 fully saturated rings. The molecule has 2 aromatic rings.